The summed E-state index contributed by atoms with van der Waals surface area (Å²) in [7, 11) is -3.42. The van der Waals surface area contributed by atoms with Gasteiger partial charge >= 0.3 is 0 Å². The molecule has 0 saturated heterocycles. The molecule has 0 bridgehead atoms. The maximum Gasteiger partial charge on any atom is 0.242 e. The predicted octanol–water partition coefficient (Wildman–Crippen LogP) is 3.29. The summed E-state index contributed by atoms with van der Waals surface area (Å²) in [5.41, 5.74) is 1.37. The number of hydrogen-bond acceptors (Lipinski definition) is 4. The van der Waals surface area contributed by atoms with Crippen LogP contribution in [-0.2, 0) is 21.2 Å². The third kappa shape index (κ3) is 4.97. The second kappa shape index (κ2) is 7.68. The molecule has 5 nitrogen and oxygen atoms in total. The fourth-order valence-electron chi connectivity index (χ4n) is 1.85. The second-order valence-corrected chi connectivity index (χ2v) is 8.14. The van der Waals surface area contributed by atoms with Crippen LogP contribution < -0.4 is 10.1 Å². The van der Waals surface area contributed by atoms with Crippen LogP contribution in [-0.4, -0.2) is 25.8 Å². The molecule has 24 heavy (non-hydrogen) atoms. The molecular formula is C17H18ClNO4S. The first kappa shape index (κ1) is 18.3. The lowest BCUT2D eigenvalue weighted by atomic mass is 10.2. The van der Waals surface area contributed by atoms with Crippen LogP contribution in [0.4, 0.5) is 5.69 Å². The van der Waals surface area contributed by atoms with E-state index in [1.807, 2.05) is 18.2 Å². The average Bonchev–Trinajstić information content (AvgIpc) is 2.54. The normalized spacial score (nSPS) is 12.5. The fourth-order valence-corrected chi connectivity index (χ4v) is 2.49. The largest absolute Gasteiger partial charge is 0.489 e. The maximum atomic E-state index is 11.9. The molecule has 128 valence electrons. The van der Waals surface area contributed by atoms with Gasteiger partial charge in [-0.05, 0) is 37.3 Å². The van der Waals surface area contributed by atoms with E-state index in [-0.39, 0.29) is 0 Å². The minimum Gasteiger partial charge on any atom is -0.489 e. The van der Waals surface area contributed by atoms with E-state index >= 15 is 0 Å². The summed E-state index contributed by atoms with van der Waals surface area (Å²) in [5.74, 6) is 0.0475. The Bertz CT molecular complexity index is 819. The van der Waals surface area contributed by atoms with Crippen LogP contribution in [0.3, 0.4) is 0 Å². The highest BCUT2D eigenvalue weighted by molar-refractivity contribution is 7.92. The van der Waals surface area contributed by atoms with Crippen molar-refractivity contribution in [3.05, 3.63) is 59.1 Å². The predicted molar refractivity (Wildman–Crippen MR) is 95.2 cm³/mol. The lowest BCUT2D eigenvalue weighted by Gasteiger charge is -2.11. The summed E-state index contributed by atoms with van der Waals surface area (Å²) in [6.45, 7) is 1.68. The maximum absolute atomic E-state index is 11.9. The van der Waals surface area contributed by atoms with E-state index in [4.69, 9.17) is 16.3 Å². The Balaban J connectivity index is 1.96. The number of amides is 1. The molecule has 0 aliphatic heterocycles. The van der Waals surface area contributed by atoms with Gasteiger partial charge < -0.3 is 10.1 Å². The number of ether oxygens (including phenoxy) is 1. The number of carbonyl (C=O) groups excluding carboxylic acids is 1. The van der Waals surface area contributed by atoms with Gasteiger partial charge in [0.1, 0.15) is 17.6 Å². The number of hydrogen-bond donors (Lipinski definition) is 1. The molecule has 1 amide bonds. The van der Waals surface area contributed by atoms with E-state index in [1.165, 1.54) is 6.92 Å². The second-order valence-electron chi connectivity index (χ2n) is 5.37. The third-order valence-electron chi connectivity index (χ3n) is 3.49. The zero-order chi connectivity index (χ0) is 17.7. The van der Waals surface area contributed by atoms with Gasteiger partial charge in [0.15, 0.2) is 9.84 Å². The number of carbonyl (C=O) groups is 1. The van der Waals surface area contributed by atoms with Gasteiger partial charge in [0.25, 0.3) is 0 Å². The van der Waals surface area contributed by atoms with Crippen LogP contribution in [0.2, 0.25) is 5.02 Å². The van der Waals surface area contributed by atoms with Crippen molar-refractivity contribution in [2.45, 2.75) is 18.8 Å². The van der Waals surface area contributed by atoms with Crippen LogP contribution in [0.5, 0.6) is 5.75 Å². The lowest BCUT2D eigenvalue weighted by Crippen LogP contribution is -2.31. The van der Waals surface area contributed by atoms with Gasteiger partial charge in [-0.3, -0.25) is 4.79 Å². The Hall–Kier alpha value is -2.05. The monoisotopic (exact) mass is 367 g/mol. The molecule has 2 aromatic carbocycles. The minimum absolute atomic E-state index is 0.330. The summed E-state index contributed by atoms with van der Waals surface area (Å²) in [6, 6.07) is 14.1. The zero-order valence-corrected chi connectivity index (χ0v) is 14.9. The highest BCUT2D eigenvalue weighted by atomic mass is 35.5. The van der Waals surface area contributed by atoms with Gasteiger partial charge in [0, 0.05) is 22.5 Å². The zero-order valence-electron chi connectivity index (χ0n) is 13.3. The number of halogens is 1. The van der Waals surface area contributed by atoms with E-state index in [1.54, 1.807) is 30.3 Å². The number of benzene rings is 2. The number of rotatable bonds is 6. The molecule has 0 aliphatic rings. The Labute approximate surface area is 146 Å². The van der Waals surface area contributed by atoms with Gasteiger partial charge in [-0.2, -0.15) is 0 Å². The standard InChI is InChI=1S/C17H18ClNO4S/c1-12(24(2,21)22)17(20)19-14-7-9-15(10-8-14)23-11-13-5-3-4-6-16(13)18/h3-10,12H,11H2,1-2H3,(H,19,20). The van der Waals surface area contributed by atoms with Gasteiger partial charge in [-0.15, -0.1) is 0 Å². The van der Waals surface area contributed by atoms with Crippen LogP contribution in [0.1, 0.15) is 12.5 Å². The molecule has 1 atom stereocenters. The highest BCUT2D eigenvalue weighted by Crippen LogP contribution is 2.20. The summed E-state index contributed by atoms with van der Waals surface area (Å²) in [6.07, 6.45) is 1.03. The molecule has 0 aromatic heterocycles. The smallest absolute Gasteiger partial charge is 0.242 e. The van der Waals surface area contributed by atoms with Crippen molar-refractivity contribution in [1.82, 2.24) is 0 Å². The first-order valence-electron chi connectivity index (χ1n) is 7.23. The molecular weight excluding hydrogens is 350 g/mol. The van der Waals surface area contributed by atoms with E-state index in [0.29, 0.717) is 23.1 Å². The van der Waals surface area contributed by atoms with Gasteiger partial charge in [0.05, 0.1) is 0 Å². The summed E-state index contributed by atoms with van der Waals surface area (Å²) in [5, 5.41) is 2.10. The van der Waals surface area contributed by atoms with Crippen molar-refractivity contribution < 1.29 is 17.9 Å². The fraction of sp³-hybridized carbons (Fsp3) is 0.235. The third-order valence-corrected chi connectivity index (χ3v) is 5.35. The van der Waals surface area contributed by atoms with Gasteiger partial charge in [0.2, 0.25) is 5.91 Å². The van der Waals surface area contributed by atoms with Gasteiger partial charge in [-0.25, -0.2) is 8.42 Å². The van der Waals surface area contributed by atoms with Crippen molar-refractivity contribution in [2.75, 3.05) is 11.6 Å². The topological polar surface area (TPSA) is 72.5 Å². The van der Waals surface area contributed by atoms with Crippen LogP contribution in [0, 0.1) is 0 Å². The number of anilines is 1. The molecule has 0 heterocycles. The van der Waals surface area contributed by atoms with Crippen molar-refractivity contribution in [3.8, 4) is 5.75 Å². The Kier molecular flexibility index (Phi) is 5.85. The molecule has 2 aromatic rings. The number of nitrogens with one attached hydrogen (secondary N) is 1. The Morgan fingerprint density at radius 3 is 2.38 bits per heavy atom. The molecule has 7 heteroatoms. The van der Waals surface area contributed by atoms with Crippen molar-refractivity contribution >= 4 is 33.0 Å². The van der Waals surface area contributed by atoms with Crippen molar-refractivity contribution in [3.63, 3.8) is 0 Å². The van der Waals surface area contributed by atoms with E-state index < -0.39 is 21.0 Å². The van der Waals surface area contributed by atoms with Crippen LogP contribution in [0.15, 0.2) is 48.5 Å². The molecule has 0 spiro atoms. The molecule has 1 N–H and O–H groups in total. The van der Waals surface area contributed by atoms with Crippen molar-refractivity contribution in [2.24, 2.45) is 0 Å². The van der Waals surface area contributed by atoms with Gasteiger partial charge in [-0.1, -0.05) is 29.8 Å². The lowest BCUT2D eigenvalue weighted by molar-refractivity contribution is -0.115. The summed E-state index contributed by atoms with van der Waals surface area (Å²) in [4.78, 5) is 11.9. The molecule has 0 fully saturated rings. The van der Waals surface area contributed by atoms with Crippen LogP contribution in [0.25, 0.3) is 0 Å². The number of sulfone groups is 1. The molecule has 2 rings (SSSR count). The quantitative estimate of drug-likeness (QED) is 0.850. The van der Waals surface area contributed by atoms with Crippen molar-refractivity contribution in [1.29, 1.82) is 0 Å². The summed E-state index contributed by atoms with van der Waals surface area (Å²) < 4.78 is 28.4. The molecule has 0 saturated carbocycles. The molecule has 0 aliphatic carbocycles. The van der Waals surface area contributed by atoms with E-state index in [9.17, 15) is 13.2 Å². The highest BCUT2D eigenvalue weighted by Gasteiger charge is 2.23. The minimum atomic E-state index is -3.42. The average molecular weight is 368 g/mol. The molecule has 0 radical (unpaired) electrons. The Morgan fingerprint density at radius 1 is 1.17 bits per heavy atom. The van der Waals surface area contributed by atoms with E-state index in [2.05, 4.69) is 5.32 Å². The summed E-state index contributed by atoms with van der Waals surface area (Å²) >= 11 is 6.06. The molecule has 1 unspecified atom stereocenters. The Morgan fingerprint density at radius 2 is 1.79 bits per heavy atom. The van der Waals surface area contributed by atoms with Crippen LogP contribution >= 0.6 is 11.6 Å². The first-order valence-corrected chi connectivity index (χ1v) is 9.56. The first-order chi connectivity index (χ1) is 11.3. The SMILES string of the molecule is CC(C(=O)Nc1ccc(OCc2ccccc2Cl)cc1)S(C)(=O)=O. The van der Waals surface area contributed by atoms with E-state index in [0.717, 1.165) is 11.8 Å².